The Morgan fingerprint density at radius 2 is 2.09 bits per heavy atom. The van der Waals surface area contributed by atoms with Gasteiger partial charge in [0.1, 0.15) is 0 Å². The fourth-order valence-electron chi connectivity index (χ4n) is 2.62. The summed E-state index contributed by atoms with van der Waals surface area (Å²) in [5.41, 5.74) is 0.620. The summed E-state index contributed by atoms with van der Waals surface area (Å²) in [5.74, 6) is 0.337. The summed E-state index contributed by atoms with van der Waals surface area (Å²) in [6.45, 7) is 5.74. The number of hydrogen-bond acceptors (Lipinski definition) is 2. The van der Waals surface area contributed by atoms with E-state index < -0.39 is 0 Å². The Hall–Kier alpha value is -1.75. The van der Waals surface area contributed by atoms with E-state index in [1.54, 1.807) is 17.0 Å². The summed E-state index contributed by atoms with van der Waals surface area (Å²) < 4.78 is 0. The van der Waals surface area contributed by atoms with Gasteiger partial charge in [-0.2, -0.15) is 0 Å². The highest BCUT2D eigenvalue weighted by Crippen LogP contribution is 2.22. The lowest BCUT2D eigenvalue weighted by Gasteiger charge is -2.33. The van der Waals surface area contributed by atoms with Gasteiger partial charge in [-0.25, -0.2) is 4.79 Å². The lowest BCUT2D eigenvalue weighted by molar-refractivity contribution is -0.124. The summed E-state index contributed by atoms with van der Waals surface area (Å²) >= 11 is 6.07. The summed E-state index contributed by atoms with van der Waals surface area (Å²) in [5, 5.41) is 6.33. The molecular weight excluding hydrogens is 314 g/mol. The number of para-hydroxylation sites is 1. The Morgan fingerprint density at radius 3 is 2.78 bits per heavy atom. The predicted octanol–water partition coefficient (Wildman–Crippen LogP) is 3.36. The van der Waals surface area contributed by atoms with Crippen molar-refractivity contribution in [3.8, 4) is 0 Å². The van der Waals surface area contributed by atoms with Crippen LogP contribution in [0.4, 0.5) is 10.5 Å². The summed E-state index contributed by atoms with van der Waals surface area (Å²) in [7, 11) is 0. The highest BCUT2D eigenvalue weighted by Gasteiger charge is 2.24. The number of halogens is 1. The zero-order valence-corrected chi connectivity index (χ0v) is 14.4. The van der Waals surface area contributed by atoms with Gasteiger partial charge in [0.05, 0.1) is 10.7 Å². The minimum absolute atomic E-state index is 0.0155. The fourth-order valence-corrected chi connectivity index (χ4v) is 2.81. The Kier molecular flexibility index (Phi) is 6.28. The Labute approximate surface area is 142 Å². The van der Waals surface area contributed by atoms with Gasteiger partial charge >= 0.3 is 6.03 Å². The van der Waals surface area contributed by atoms with Crippen molar-refractivity contribution in [2.75, 3.05) is 25.0 Å². The third-order valence-electron chi connectivity index (χ3n) is 4.01. The second-order valence-electron chi connectivity index (χ2n) is 6.26. The average molecular weight is 338 g/mol. The van der Waals surface area contributed by atoms with E-state index in [1.807, 2.05) is 26.0 Å². The van der Waals surface area contributed by atoms with Gasteiger partial charge in [0.2, 0.25) is 5.91 Å². The van der Waals surface area contributed by atoms with E-state index in [2.05, 4.69) is 10.6 Å². The standard InChI is InChI=1S/C17H24ClN3O2/c1-12(2)16(22)19-10-13-6-5-9-21(11-13)17(23)20-15-8-4-3-7-14(15)18/h3-4,7-8,12-13H,5-6,9-11H2,1-2H3,(H,19,22)(H,20,23)/t13-/m1/s1. The molecule has 1 saturated heterocycles. The number of hydrogen-bond donors (Lipinski definition) is 2. The van der Waals surface area contributed by atoms with Crippen LogP contribution in [-0.2, 0) is 4.79 Å². The van der Waals surface area contributed by atoms with Crippen LogP contribution in [0.1, 0.15) is 26.7 Å². The molecule has 5 nitrogen and oxygen atoms in total. The molecule has 0 radical (unpaired) electrons. The number of rotatable bonds is 4. The van der Waals surface area contributed by atoms with E-state index in [4.69, 9.17) is 11.6 Å². The number of benzene rings is 1. The maximum atomic E-state index is 12.4. The number of carbonyl (C=O) groups excluding carboxylic acids is 2. The van der Waals surface area contributed by atoms with Crippen LogP contribution in [0.25, 0.3) is 0 Å². The number of likely N-dealkylation sites (tertiary alicyclic amines) is 1. The van der Waals surface area contributed by atoms with E-state index in [9.17, 15) is 9.59 Å². The van der Waals surface area contributed by atoms with Crippen LogP contribution in [-0.4, -0.2) is 36.5 Å². The largest absolute Gasteiger partial charge is 0.356 e. The molecule has 2 N–H and O–H groups in total. The summed E-state index contributed by atoms with van der Waals surface area (Å²) in [6, 6.07) is 7.05. The van der Waals surface area contributed by atoms with Crippen molar-refractivity contribution in [1.29, 1.82) is 0 Å². The van der Waals surface area contributed by atoms with Crippen LogP contribution in [0.5, 0.6) is 0 Å². The first-order valence-corrected chi connectivity index (χ1v) is 8.43. The molecule has 1 heterocycles. The van der Waals surface area contributed by atoms with Gasteiger partial charge in [-0.3, -0.25) is 4.79 Å². The summed E-state index contributed by atoms with van der Waals surface area (Å²) in [6.07, 6.45) is 1.96. The molecule has 0 unspecified atom stereocenters. The second kappa shape index (κ2) is 8.20. The zero-order valence-electron chi connectivity index (χ0n) is 13.6. The number of amides is 3. The highest BCUT2D eigenvalue weighted by atomic mass is 35.5. The Balaban J connectivity index is 1.86. The number of piperidine rings is 1. The molecule has 0 aromatic heterocycles. The van der Waals surface area contributed by atoms with Gasteiger partial charge in [0.15, 0.2) is 0 Å². The quantitative estimate of drug-likeness (QED) is 0.885. The Morgan fingerprint density at radius 1 is 1.35 bits per heavy atom. The molecule has 2 rings (SSSR count). The first kappa shape index (κ1) is 17.6. The van der Waals surface area contributed by atoms with Gasteiger partial charge in [-0.05, 0) is 30.9 Å². The first-order valence-electron chi connectivity index (χ1n) is 8.05. The predicted molar refractivity (Wildman–Crippen MR) is 92.6 cm³/mol. The molecule has 0 spiro atoms. The van der Waals surface area contributed by atoms with Crippen LogP contribution in [0.15, 0.2) is 24.3 Å². The molecule has 1 atom stereocenters. The molecule has 0 saturated carbocycles. The van der Waals surface area contributed by atoms with Crippen molar-refractivity contribution in [2.45, 2.75) is 26.7 Å². The Bertz CT molecular complexity index is 563. The average Bonchev–Trinajstić information content (AvgIpc) is 2.54. The first-order chi connectivity index (χ1) is 11.0. The van der Waals surface area contributed by atoms with Crippen molar-refractivity contribution in [3.05, 3.63) is 29.3 Å². The minimum Gasteiger partial charge on any atom is -0.356 e. The third-order valence-corrected chi connectivity index (χ3v) is 4.34. The number of nitrogens with one attached hydrogen (secondary N) is 2. The van der Waals surface area contributed by atoms with Crippen molar-refractivity contribution in [1.82, 2.24) is 10.2 Å². The number of nitrogens with zero attached hydrogens (tertiary/aromatic N) is 1. The zero-order chi connectivity index (χ0) is 16.8. The van der Waals surface area contributed by atoms with Crippen LogP contribution >= 0.6 is 11.6 Å². The molecule has 1 aliphatic heterocycles. The molecule has 3 amide bonds. The molecule has 1 fully saturated rings. The van der Waals surface area contributed by atoms with Crippen LogP contribution in [0, 0.1) is 11.8 Å². The molecule has 1 aliphatic rings. The van der Waals surface area contributed by atoms with Crippen molar-refractivity contribution in [3.63, 3.8) is 0 Å². The number of carbonyl (C=O) groups is 2. The smallest absolute Gasteiger partial charge is 0.321 e. The lowest BCUT2D eigenvalue weighted by Crippen LogP contribution is -2.45. The lowest BCUT2D eigenvalue weighted by atomic mass is 9.98. The topological polar surface area (TPSA) is 61.4 Å². The van der Waals surface area contributed by atoms with E-state index in [-0.39, 0.29) is 17.9 Å². The van der Waals surface area contributed by atoms with Crippen LogP contribution in [0.2, 0.25) is 5.02 Å². The molecule has 1 aromatic carbocycles. The monoisotopic (exact) mass is 337 g/mol. The van der Waals surface area contributed by atoms with Gasteiger partial charge in [0.25, 0.3) is 0 Å². The van der Waals surface area contributed by atoms with Gasteiger partial charge in [0, 0.05) is 25.6 Å². The number of anilines is 1. The third kappa shape index (κ3) is 5.13. The van der Waals surface area contributed by atoms with E-state index >= 15 is 0 Å². The van der Waals surface area contributed by atoms with Crippen LogP contribution < -0.4 is 10.6 Å². The molecule has 126 valence electrons. The van der Waals surface area contributed by atoms with Crippen molar-refractivity contribution in [2.24, 2.45) is 11.8 Å². The van der Waals surface area contributed by atoms with Crippen molar-refractivity contribution >= 4 is 29.2 Å². The maximum absolute atomic E-state index is 12.4. The second-order valence-corrected chi connectivity index (χ2v) is 6.67. The van der Waals surface area contributed by atoms with E-state index in [0.717, 1.165) is 19.4 Å². The molecule has 6 heteroatoms. The molecule has 23 heavy (non-hydrogen) atoms. The molecule has 0 bridgehead atoms. The van der Waals surface area contributed by atoms with Gasteiger partial charge in [-0.1, -0.05) is 37.6 Å². The molecular formula is C17H24ClN3O2. The molecule has 0 aliphatic carbocycles. The SMILES string of the molecule is CC(C)C(=O)NC[C@H]1CCCN(C(=O)Nc2ccccc2Cl)C1. The molecule has 1 aromatic rings. The number of urea groups is 1. The maximum Gasteiger partial charge on any atom is 0.321 e. The highest BCUT2D eigenvalue weighted by molar-refractivity contribution is 6.33. The van der Waals surface area contributed by atoms with E-state index in [0.29, 0.717) is 29.7 Å². The summed E-state index contributed by atoms with van der Waals surface area (Å²) in [4.78, 5) is 25.8. The van der Waals surface area contributed by atoms with Crippen molar-refractivity contribution < 1.29 is 9.59 Å². The van der Waals surface area contributed by atoms with Gasteiger partial charge in [-0.15, -0.1) is 0 Å². The van der Waals surface area contributed by atoms with Crippen LogP contribution in [0.3, 0.4) is 0 Å². The minimum atomic E-state index is -0.141. The normalized spacial score (nSPS) is 17.9. The fraction of sp³-hybridized carbons (Fsp3) is 0.529. The van der Waals surface area contributed by atoms with E-state index in [1.165, 1.54) is 0 Å². The van der Waals surface area contributed by atoms with Gasteiger partial charge < -0.3 is 15.5 Å².